The molecule has 2 aromatic carbocycles. The molecule has 2 aliphatic carbocycles. The third-order valence-electron chi connectivity index (χ3n) is 11.7. The Morgan fingerprint density at radius 2 is 1.62 bits per heavy atom. The van der Waals surface area contributed by atoms with Crippen molar-refractivity contribution in [2.45, 2.75) is 127 Å². The van der Waals surface area contributed by atoms with E-state index in [1.54, 1.807) is 24.6 Å². The van der Waals surface area contributed by atoms with E-state index < -0.39 is 46.2 Å². The molecule has 12 nitrogen and oxygen atoms in total. The normalized spacial score (nSPS) is 22.1. The summed E-state index contributed by atoms with van der Waals surface area (Å²) in [5.74, 6) is -2.73. The van der Waals surface area contributed by atoms with Gasteiger partial charge < -0.3 is 21.1 Å². The highest BCUT2D eigenvalue weighted by Gasteiger charge is 2.51. The molecule has 12 heteroatoms. The molecule has 0 bridgehead atoms. The molecular weight excluding hydrogens is 660 g/mol. The van der Waals surface area contributed by atoms with E-state index in [9.17, 15) is 24.3 Å². The van der Waals surface area contributed by atoms with E-state index in [2.05, 4.69) is 15.6 Å². The third kappa shape index (κ3) is 7.67. The Labute approximate surface area is 304 Å². The summed E-state index contributed by atoms with van der Waals surface area (Å²) in [5, 5.41) is 24.1. The first-order valence-electron chi connectivity index (χ1n) is 18.8. The number of hydrogen-bond donors (Lipinski definition) is 3. The number of likely N-dealkylation sites (tertiary alicyclic amines) is 1. The molecule has 4 N–H and O–H groups in total. The number of carbonyl (C=O) groups is 5. The number of Topliss-reactive ketones (excluding diaryl/α,β-unsaturated/α-hetero) is 2. The van der Waals surface area contributed by atoms with Crippen molar-refractivity contribution in [3.8, 4) is 0 Å². The average Bonchev–Trinajstić information content (AvgIpc) is 3.80. The van der Waals surface area contributed by atoms with Gasteiger partial charge in [-0.1, -0.05) is 99.9 Å². The lowest BCUT2D eigenvalue weighted by Crippen LogP contribution is -2.62. The van der Waals surface area contributed by atoms with Crippen molar-refractivity contribution < 1.29 is 29.1 Å². The van der Waals surface area contributed by atoms with E-state index >= 15 is 4.79 Å². The number of aliphatic hydroxyl groups is 1. The van der Waals surface area contributed by atoms with Crippen LogP contribution in [0.5, 0.6) is 0 Å². The molecule has 1 saturated heterocycles. The molecule has 2 saturated carbocycles. The summed E-state index contributed by atoms with van der Waals surface area (Å²) in [6.45, 7) is 5.16. The SMILES string of the molecule is CC(CC(=O)c1ccc2ccccc2c1)(CC1CCCCC1)C(=O)N1C[C@@H](n2nncc2C(C)(C)O)C[C@H]1C(=O)NC1(C(=O)C(N)=O)CCCCC1. The van der Waals surface area contributed by atoms with Crippen molar-refractivity contribution in [3.63, 3.8) is 0 Å². The van der Waals surface area contributed by atoms with Crippen molar-refractivity contribution in [1.29, 1.82) is 0 Å². The van der Waals surface area contributed by atoms with Crippen LogP contribution >= 0.6 is 0 Å². The van der Waals surface area contributed by atoms with Gasteiger partial charge in [0.05, 0.1) is 23.3 Å². The highest BCUT2D eigenvalue weighted by molar-refractivity contribution is 6.39. The molecule has 3 aromatic rings. The summed E-state index contributed by atoms with van der Waals surface area (Å²) in [7, 11) is 0. The molecule has 6 rings (SSSR count). The largest absolute Gasteiger partial charge is 0.384 e. The summed E-state index contributed by atoms with van der Waals surface area (Å²) in [4.78, 5) is 70.8. The van der Waals surface area contributed by atoms with Crippen LogP contribution in [0.2, 0.25) is 0 Å². The quantitative estimate of drug-likeness (QED) is 0.175. The minimum Gasteiger partial charge on any atom is -0.384 e. The standard InChI is InChI=1S/C40H52N6O6/c1-38(2,52)33-24-42-44-46(33)30-21-31(36(50)43-40(34(48)35(41)49)18-10-5-11-19-40)45(25-30)37(51)39(3,22-26-12-6-4-7-13-26)23-32(47)29-17-16-27-14-8-9-15-28(27)20-29/h8-9,14-17,20,24,26,30-31,52H,4-7,10-13,18-19,21-23,25H2,1-3H3,(H2,41,49)(H,43,50)/t30-,31-,39?/m0/s1. The number of nitrogens with zero attached hydrogens (tertiary/aromatic N) is 4. The van der Waals surface area contributed by atoms with Gasteiger partial charge in [0.15, 0.2) is 5.78 Å². The van der Waals surface area contributed by atoms with Crippen LogP contribution < -0.4 is 11.1 Å². The van der Waals surface area contributed by atoms with E-state index in [-0.39, 0.29) is 49.8 Å². The summed E-state index contributed by atoms with van der Waals surface area (Å²) < 4.78 is 1.57. The smallest absolute Gasteiger partial charge is 0.287 e. The molecule has 0 radical (unpaired) electrons. The number of carbonyl (C=O) groups excluding carboxylic acids is 5. The van der Waals surface area contributed by atoms with Crippen LogP contribution in [-0.4, -0.2) is 72.4 Å². The Kier molecular flexibility index (Phi) is 10.7. The van der Waals surface area contributed by atoms with Crippen molar-refractivity contribution in [2.75, 3.05) is 6.54 Å². The van der Waals surface area contributed by atoms with E-state index in [0.717, 1.165) is 49.3 Å². The van der Waals surface area contributed by atoms with Crippen LogP contribution in [0.3, 0.4) is 0 Å². The van der Waals surface area contributed by atoms with Gasteiger partial charge in [0.25, 0.3) is 5.91 Å². The topological polar surface area (TPSA) is 178 Å². The van der Waals surface area contributed by atoms with Crippen LogP contribution in [0.1, 0.15) is 126 Å². The van der Waals surface area contributed by atoms with Gasteiger partial charge in [0, 0.05) is 24.9 Å². The summed E-state index contributed by atoms with van der Waals surface area (Å²) in [5.41, 5.74) is 2.54. The number of ketones is 2. The average molecular weight is 713 g/mol. The van der Waals surface area contributed by atoms with Gasteiger partial charge in [-0.2, -0.15) is 0 Å². The maximum Gasteiger partial charge on any atom is 0.287 e. The molecule has 278 valence electrons. The number of benzene rings is 2. The highest BCUT2D eigenvalue weighted by atomic mass is 16.3. The van der Waals surface area contributed by atoms with Gasteiger partial charge >= 0.3 is 0 Å². The predicted molar refractivity (Wildman–Crippen MR) is 195 cm³/mol. The molecule has 52 heavy (non-hydrogen) atoms. The second kappa shape index (κ2) is 14.9. The molecule has 1 unspecified atom stereocenters. The molecule has 2 heterocycles. The first-order chi connectivity index (χ1) is 24.7. The monoisotopic (exact) mass is 712 g/mol. The molecule has 0 spiro atoms. The fraction of sp³-hybridized carbons (Fsp3) is 0.575. The van der Waals surface area contributed by atoms with Crippen molar-refractivity contribution in [3.05, 3.63) is 59.9 Å². The fourth-order valence-corrected chi connectivity index (χ4v) is 8.96. The van der Waals surface area contributed by atoms with Gasteiger partial charge in [-0.05, 0) is 55.9 Å². The zero-order chi connectivity index (χ0) is 37.3. The van der Waals surface area contributed by atoms with Crippen LogP contribution in [0, 0.1) is 11.3 Å². The summed E-state index contributed by atoms with van der Waals surface area (Å²) >= 11 is 0. The maximum absolute atomic E-state index is 15.2. The lowest BCUT2D eigenvalue weighted by atomic mass is 9.71. The lowest BCUT2D eigenvalue weighted by Gasteiger charge is -2.40. The zero-order valence-electron chi connectivity index (χ0n) is 30.6. The Morgan fingerprint density at radius 1 is 0.942 bits per heavy atom. The van der Waals surface area contributed by atoms with Crippen LogP contribution in [0.4, 0.5) is 0 Å². The van der Waals surface area contributed by atoms with Gasteiger partial charge in [0.1, 0.15) is 17.2 Å². The molecule has 3 amide bonds. The molecular formula is C40H52N6O6. The fourth-order valence-electron chi connectivity index (χ4n) is 8.96. The predicted octanol–water partition coefficient (Wildman–Crippen LogP) is 4.92. The van der Waals surface area contributed by atoms with Gasteiger partial charge in [0.2, 0.25) is 17.6 Å². The van der Waals surface area contributed by atoms with Crippen molar-refractivity contribution in [2.24, 2.45) is 17.1 Å². The number of fused-ring (bicyclic) bond motifs is 1. The number of nitrogens with one attached hydrogen (secondary N) is 1. The number of amides is 3. The van der Waals surface area contributed by atoms with Crippen molar-refractivity contribution in [1.82, 2.24) is 25.2 Å². The lowest BCUT2D eigenvalue weighted by molar-refractivity contribution is -0.149. The summed E-state index contributed by atoms with van der Waals surface area (Å²) in [6, 6.07) is 11.8. The zero-order valence-corrected chi connectivity index (χ0v) is 30.6. The first-order valence-corrected chi connectivity index (χ1v) is 18.8. The van der Waals surface area contributed by atoms with Crippen LogP contribution in [0.15, 0.2) is 48.7 Å². The second-order valence-electron chi connectivity index (χ2n) is 16.2. The van der Waals surface area contributed by atoms with Crippen molar-refractivity contribution >= 4 is 40.1 Å². The Bertz CT molecular complexity index is 1830. The number of nitrogens with two attached hydrogens (primary N) is 1. The van der Waals surface area contributed by atoms with Gasteiger partial charge in [-0.15, -0.1) is 5.10 Å². The maximum atomic E-state index is 15.2. The summed E-state index contributed by atoms with van der Waals surface area (Å²) in [6.07, 6.45) is 9.92. The Morgan fingerprint density at radius 3 is 2.29 bits per heavy atom. The van der Waals surface area contributed by atoms with Crippen LogP contribution in [0.25, 0.3) is 10.8 Å². The third-order valence-corrected chi connectivity index (χ3v) is 11.7. The first kappa shape index (κ1) is 37.3. The number of aromatic nitrogens is 3. The number of rotatable bonds is 12. The highest BCUT2D eigenvalue weighted by Crippen LogP contribution is 2.42. The van der Waals surface area contributed by atoms with E-state index in [1.807, 2.05) is 43.3 Å². The van der Waals surface area contributed by atoms with Gasteiger partial charge in [-0.3, -0.25) is 24.0 Å². The van der Waals surface area contributed by atoms with Gasteiger partial charge in [-0.25, -0.2) is 4.68 Å². The second-order valence-corrected chi connectivity index (χ2v) is 16.2. The Balaban J connectivity index is 1.36. The number of hydrogen-bond acceptors (Lipinski definition) is 8. The number of primary amides is 1. The van der Waals surface area contributed by atoms with E-state index in [1.165, 1.54) is 11.1 Å². The minimum atomic E-state index is -1.45. The molecule has 1 aliphatic heterocycles. The molecule has 3 fully saturated rings. The molecule has 3 aliphatic rings. The minimum absolute atomic E-state index is 0.0431. The van der Waals surface area contributed by atoms with Crippen LogP contribution in [-0.2, 0) is 24.8 Å². The molecule has 3 atom stereocenters. The molecule has 1 aromatic heterocycles. The Hall–Kier alpha value is -4.45. The van der Waals surface area contributed by atoms with E-state index in [0.29, 0.717) is 30.5 Å². The van der Waals surface area contributed by atoms with E-state index in [4.69, 9.17) is 5.73 Å².